The van der Waals surface area contributed by atoms with Gasteiger partial charge in [-0.3, -0.25) is 4.79 Å². The maximum Gasteiger partial charge on any atom is 0.231 e. The number of hydrogen-bond acceptors (Lipinski definition) is 5. The minimum Gasteiger partial charge on any atom is -0.492 e. The number of ether oxygens (including phenoxy) is 3. The second kappa shape index (κ2) is 6.66. The molecule has 0 bridgehead atoms. The Morgan fingerprint density at radius 2 is 2.09 bits per heavy atom. The van der Waals surface area contributed by atoms with Gasteiger partial charge in [0.2, 0.25) is 18.4 Å². The highest BCUT2D eigenvalue weighted by Crippen LogP contribution is 2.49. The Labute approximate surface area is 136 Å². The highest BCUT2D eigenvalue weighted by molar-refractivity contribution is 5.76. The number of carbonyl (C=O) groups excluding carboxylic acids is 1. The summed E-state index contributed by atoms with van der Waals surface area (Å²) >= 11 is 0. The summed E-state index contributed by atoms with van der Waals surface area (Å²) in [6, 6.07) is 0. The van der Waals surface area contributed by atoms with Gasteiger partial charge in [0.1, 0.15) is 0 Å². The molecule has 6 heteroatoms. The molecule has 2 aliphatic rings. The first-order valence-electron chi connectivity index (χ1n) is 8.11. The smallest absolute Gasteiger partial charge is 0.231 e. The lowest BCUT2D eigenvalue weighted by Crippen LogP contribution is -2.29. The van der Waals surface area contributed by atoms with Crippen LogP contribution in [0.5, 0.6) is 17.2 Å². The van der Waals surface area contributed by atoms with Crippen LogP contribution < -0.4 is 19.5 Å². The van der Waals surface area contributed by atoms with E-state index in [0.29, 0.717) is 18.7 Å². The lowest BCUT2D eigenvalue weighted by Gasteiger charge is -2.29. The molecule has 1 aromatic carbocycles. The quantitative estimate of drug-likeness (QED) is 0.897. The lowest BCUT2D eigenvalue weighted by molar-refractivity contribution is -0.121. The number of nitrogens with one attached hydrogen (secondary N) is 1. The van der Waals surface area contributed by atoms with Gasteiger partial charge in [0, 0.05) is 37.2 Å². The number of likely N-dealkylation sites (N-methyl/N-ethyl adjacent to an activating group) is 1. The summed E-state index contributed by atoms with van der Waals surface area (Å²) in [5.41, 5.74) is 3.40. The molecule has 1 N–H and O–H groups in total. The van der Waals surface area contributed by atoms with Gasteiger partial charge in [-0.15, -0.1) is 0 Å². The molecule has 1 aromatic rings. The first-order valence-corrected chi connectivity index (χ1v) is 8.11. The number of benzene rings is 1. The van der Waals surface area contributed by atoms with Crippen molar-refractivity contribution in [3.8, 4) is 17.2 Å². The Morgan fingerprint density at radius 1 is 1.30 bits per heavy atom. The molecule has 2 heterocycles. The van der Waals surface area contributed by atoms with Gasteiger partial charge in [0.25, 0.3) is 0 Å². The van der Waals surface area contributed by atoms with E-state index in [1.54, 1.807) is 7.11 Å². The zero-order valence-electron chi connectivity index (χ0n) is 14.0. The molecule has 0 unspecified atom stereocenters. The second-order valence-electron chi connectivity index (χ2n) is 6.05. The van der Waals surface area contributed by atoms with E-state index < -0.39 is 0 Å². The van der Waals surface area contributed by atoms with E-state index in [9.17, 15) is 4.79 Å². The third kappa shape index (κ3) is 2.95. The molecule has 0 fully saturated rings. The van der Waals surface area contributed by atoms with Crippen LogP contribution in [-0.2, 0) is 24.3 Å². The van der Waals surface area contributed by atoms with Gasteiger partial charge in [0.15, 0.2) is 11.5 Å². The second-order valence-corrected chi connectivity index (χ2v) is 6.05. The summed E-state index contributed by atoms with van der Waals surface area (Å²) in [4.78, 5) is 14.1. The molecule has 126 valence electrons. The lowest BCUT2D eigenvalue weighted by atomic mass is 9.92. The number of fused-ring (bicyclic) bond motifs is 2. The van der Waals surface area contributed by atoms with Crippen molar-refractivity contribution in [2.75, 3.05) is 27.5 Å². The van der Waals surface area contributed by atoms with Gasteiger partial charge >= 0.3 is 0 Å². The van der Waals surface area contributed by atoms with Gasteiger partial charge < -0.3 is 24.4 Å². The predicted molar refractivity (Wildman–Crippen MR) is 85.9 cm³/mol. The standard InChI is InChI=1S/C17H24N2O4/c1-4-5-14(20)18-8-12-11-6-7-19(2)9-13(11)15(21-3)17-16(12)22-10-23-17/h4-10H2,1-3H3,(H,18,20). The number of nitrogens with zero attached hydrogens (tertiary/aromatic N) is 1. The van der Waals surface area contributed by atoms with Crippen LogP contribution in [0.4, 0.5) is 0 Å². The number of methoxy groups -OCH3 is 1. The van der Waals surface area contributed by atoms with E-state index in [-0.39, 0.29) is 12.7 Å². The van der Waals surface area contributed by atoms with Crippen molar-refractivity contribution in [3.63, 3.8) is 0 Å². The average molecular weight is 320 g/mol. The minimum absolute atomic E-state index is 0.0673. The number of carbonyl (C=O) groups is 1. The van der Waals surface area contributed by atoms with Crippen molar-refractivity contribution < 1.29 is 19.0 Å². The average Bonchev–Trinajstić information content (AvgIpc) is 3.00. The molecular weight excluding hydrogens is 296 g/mol. The van der Waals surface area contributed by atoms with Crippen molar-refractivity contribution in [1.82, 2.24) is 10.2 Å². The Kier molecular flexibility index (Phi) is 4.61. The van der Waals surface area contributed by atoms with E-state index in [0.717, 1.165) is 48.6 Å². The zero-order chi connectivity index (χ0) is 16.4. The van der Waals surface area contributed by atoms with Crippen LogP contribution in [0.1, 0.15) is 36.5 Å². The fourth-order valence-corrected chi connectivity index (χ4v) is 3.29. The van der Waals surface area contributed by atoms with E-state index in [2.05, 4.69) is 17.3 Å². The van der Waals surface area contributed by atoms with Crippen molar-refractivity contribution in [1.29, 1.82) is 0 Å². The van der Waals surface area contributed by atoms with Crippen LogP contribution in [0.25, 0.3) is 0 Å². The van der Waals surface area contributed by atoms with E-state index in [1.807, 2.05) is 6.92 Å². The third-order valence-corrected chi connectivity index (χ3v) is 4.41. The SMILES string of the molecule is CCCC(=O)NCc1c2c(c(OC)c3c1OCO3)CN(C)CC2. The molecule has 23 heavy (non-hydrogen) atoms. The van der Waals surface area contributed by atoms with Crippen LogP contribution in [0.15, 0.2) is 0 Å². The monoisotopic (exact) mass is 320 g/mol. The zero-order valence-corrected chi connectivity index (χ0v) is 14.0. The molecule has 0 aromatic heterocycles. The summed E-state index contributed by atoms with van der Waals surface area (Å²) in [7, 11) is 3.75. The Balaban J connectivity index is 1.99. The summed E-state index contributed by atoms with van der Waals surface area (Å²) < 4.78 is 16.9. The van der Waals surface area contributed by atoms with Crippen LogP contribution in [0.3, 0.4) is 0 Å². The first kappa shape index (κ1) is 15.9. The molecule has 0 aliphatic carbocycles. The molecule has 1 amide bonds. The van der Waals surface area contributed by atoms with Gasteiger partial charge in [0.05, 0.1) is 7.11 Å². The molecule has 3 rings (SSSR count). The molecular formula is C17H24N2O4. The highest BCUT2D eigenvalue weighted by Gasteiger charge is 2.32. The van der Waals surface area contributed by atoms with Crippen LogP contribution in [0.2, 0.25) is 0 Å². The van der Waals surface area contributed by atoms with E-state index in [4.69, 9.17) is 14.2 Å². The van der Waals surface area contributed by atoms with Gasteiger partial charge in [-0.2, -0.15) is 0 Å². The molecule has 0 spiro atoms. The Hall–Kier alpha value is -1.95. The number of amides is 1. The Bertz CT molecular complexity index is 615. The van der Waals surface area contributed by atoms with Crippen LogP contribution >= 0.6 is 0 Å². The first-order chi connectivity index (χ1) is 11.2. The normalized spacial score (nSPS) is 16.1. The maximum atomic E-state index is 11.8. The van der Waals surface area contributed by atoms with Crippen molar-refractivity contribution in [2.24, 2.45) is 0 Å². The van der Waals surface area contributed by atoms with Crippen LogP contribution in [0, 0.1) is 0 Å². The summed E-state index contributed by atoms with van der Waals surface area (Å²) in [6.07, 6.45) is 2.30. The summed E-state index contributed by atoms with van der Waals surface area (Å²) in [5.74, 6) is 2.23. The molecule has 0 radical (unpaired) electrons. The fraction of sp³-hybridized carbons (Fsp3) is 0.588. The van der Waals surface area contributed by atoms with Crippen molar-refractivity contribution >= 4 is 5.91 Å². The van der Waals surface area contributed by atoms with Crippen molar-refractivity contribution in [2.45, 2.75) is 39.3 Å². The topological polar surface area (TPSA) is 60.0 Å². The molecule has 0 saturated heterocycles. The molecule has 0 atom stereocenters. The third-order valence-electron chi connectivity index (χ3n) is 4.41. The summed E-state index contributed by atoms with van der Waals surface area (Å²) in [6.45, 7) is 4.46. The van der Waals surface area contributed by atoms with Gasteiger partial charge in [-0.05, 0) is 25.5 Å². The van der Waals surface area contributed by atoms with Gasteiger partial charge in [-0.25, -0.2) is 0 Å². The fourth-order valence-electron chi connectivity index (χ4n) is 3.29. The van der Waals surface area contributed by atoms with E-state index in [1.165, 1.54) is 5.56 Å². The highest BCUT2D eigenvalue weighted by atomic mass is 16.7. The van der Waals surface area contributed by atoms with Gasteiger partial charge in [-0.1, -0.05) is 6.92 Å². The molecule has 2 aliphatic heterocycles. The number of rotatable bonds is 5. The largest absolute Gasteiger partial charge is 0.492 e. The summed E-state index contributed by atoms with van der Waals surface area (Å²) in [5, 5.41) is 3.00. The Morgan fingerprint density at radius 3 is 2.83 bits per heavy atom. The van der Waals surface area contributed by atoms with E-state index >= 15 is 0 Å². The number of hydrogen-bond donors (Lipinski definition) is 1. The molecule has 6 nitrogen and oxygen atoms in total. The van der Waals surface area contributed by atoms with Crippen molar-refractivity contribution in [3.05, 3.63) is 16.7 Å². The molecule has 0 saturated carbocycles. The maximum absolute atomic E-state index is 11.8. The predicted octanol–water partition coefficient (Wildman–Crippen LogP) is 1.83. The minimum atomic E-state index is 0.0673. The van der Waals surface area contributed by atoms with Crippen LogP contribution in [-0.4, -0.2) is 38.3 Å².